The van der Waals surface area contributed by atoms with Crippen LogP contribution in [0.5, 0.6) is 5.75 Å². The Hall–Kier alpha value is -1.55. The smallest absolute Gasteiger partial charge is 0.229 e. The van der Waals surface area contributed by atoms with Gasteiger partial charge in [0.2, 0.25) is 5.91 Å². The van der Waals surface area contributed by atoms with Crippen molar-refractivity contribution < 1.29 is 9.90 Å². The molecule has 4 nitrogen and oxygen atoms in total. The quantitative estimate of drug-likeness (QED) is 0.879. The first-order valence-electron chi connectivity index (χ1n) is 8.23. The van der Waals surface area contributed by atoms with Gasteiger partial charge in [0.1, 0.15) is 5.75 Å². The highest BCUT2D eigenvalue weighted by atomic mass is 16.3. The van der Waals surface area contributed by atoms with Gasteiger partial charge in [0, 0.05) is 26.2 Å². The van der Waals surface area contributed by atoms with Crippen molar-refractivity contribution in [3.63, 3.8) is 0 Å². The molecule has 1 aromatic carbocycles. The van der Waals surface area contributed by atoms with Crippen LogP contribution in [-0.2, 0) is 4.79 Å². The summed E-state index contributed by atoms with van der Waals surface area (Å²) < 4.78 is 0. The highest BCUT2D eigenvalue weighted by Crippen LogP contribution is 2.23. The van der Waals surface area contributed by atoms with Gasteiger partial charge >= 0.3 is 0 Å². The first kappa shape index (κ1) is 16.8. The van der Waals surface area contributed by atoms with E-state index in [4.69, 9.17) is 0 Å². The second-order valence-electron chi connectivity index (χ2n) is 6.49. The zero-order chi connectivity index (χ0) is 16.1. The summed E-state index contributed by atoms with van der Waals surface area (Å²) in [6.07, 6.45) is 5.25. The highest BCUT2D eigenvalue weighted by Gasteiger charge is 2.22. The third kappa shape index (κ3) is 4.23. The minimum Gasteiger partial charge on any atom is -0.508 e. The summed E-state index contributed by atoms with van der Waals surface area (Å²) in [5, 5.41) is 9.33. The maximum absolute atomic E-state index is 12.5. The van der Waals surface area contributed by atoms with Crippen LogP contribution in [0.25, 0.3) is 0 Å². The molecule has 122 valence electrons. The number of amides is 1. The van der Waals surface area contributed by atoms with Gasteiger partial charge < -0.3 is 14.9 Å². The van der Waals surface area contributed by atoms with Gasteiger partial charge in [0.25, 0.3) is 0 Å². The number of nitrogens with zero attached hydrogens (tertiary/aromatic N) is 2. The maximum Gasteiger partial charge on any atom is 0.229 e. The molecule has 1 amide bonds. The molecule has 0 radical (unpaired) electrons. The molecule has 1 unspecified atom stereocenters. The highest BCUT2D eigenvalue weighted by molar-refractivity contribution is 5.83. The Balaban J connectivity index is 1.84. The Morgan fingerprint density at radius 2 is 1.77 bits per heavy atom. The molecule has 0 aromatic heterocycles. The molecule has 1 fully saturated rings. The molecule has 0 bridgehead atoms. The molecule has 4 heteroatoms. The van der Waals surface area contributed by atoms with Crippen LogP contribution in [0.3, 0.4) is 0 Å². The Kier molecular flexibility index (Phi) is 5.83. The molecule has 2 rings (SSSR count). The van der Waals surface area contributed by atoms with E-state index < -0.39 is 0 Å². The van der Waals surface area contributed by atoms with E-state index in [0.29, 0.717) is 6.04 Å². The molecule has 0 spiro atoms. The number of rotatable bonds is 6. The third-order valence-electron chi connectivity index (χ3n) is 4.88. The Morgan fingerprint density at radius 1 is 1.18 bits per heavy atom. The van der Waals surface area contributed by atoms with Crippen LogP contribution in [0.1, 0.15) is 44.1 Å². The van der Waals surface area contributed by atoms with Gasteiger partial charge in [-0.15, -0.1) is 0 Å². The zero-order valence-electron chi connectivity index (χ0n) is 14.0. The molecule has 0 saturated heterocycles. The van der Waals surface area contributed by atoms with Crippen LogP contribution in [0.4, 0.5) is 0 Å². The average Bonchev–Trinajstić information content (AvgIpc) is 3.06. The number of aromatic hydroxyl groups is 1. The monoisotopic (exact) mass is 304 g/mol. The summed E-state index contributed by atoms with van der Waals surface area (Å²) in [4.78, 5) is 16.7. The van der Waals surface area contributed by atoms with Gasteiger partial charge in [-0.05, 0) is 44.5 Å². The summed E-state index contributed by atoms with van der Waals surface area (Å²) >= 11 is 0. The zero-order valence-corrected chi connectivity index (χ0v) is 14.0. The molecular formula is C18H28N2O2. The normalized spacial score (nSPS) is 16.9. The first-order chi connectivity index (χ1) is 10.5. The molecule has 22 heavy (non-hydrogen) atoms. The minimum absolute atomic E-state index is 0.130. The largest absolute Gasteiger partial charge is 0.508 e. The Morgan fingerprint density at radius 3 is 2.36 bits per heavy atom. The van der Waals surface area contributed by atoms with Crippen molar-refractivity contribution in [1.29, 1.82) is 0 Å². The van der Waals surface area contributed by atoms with Crippen LogP contribution in [0.2, 0.25) is 0 Å². The summed E-state index contributed by atoms with van der Waals surface area (Å²) in [5.74, 6) is 0.183. The predicted octanol–water partition coefficient (Wildman–Crippen LogP) is 2.83. The number of hydrogen-bond acceptors (Lipinski definition) is 3. The van der Waals surface area contributed by atoms with Crippen LogP contribution in [0, 0.1) is 0 Å². The fraction of sp³-hybridized carbons (Fsp3) is 0.611. The summed E-state index contributed by atoms with van der Waals surface area (Å²) in [5.41, 5.74) is 0.943. The van der Waals surface area contributed by atoms with E-state index in [-0.39, 0.29) is 17.6 Å². The SMILES string of the molecule is CC(C(=O)N(C)CCN(C)C1CCCC1)c1ccc(O)cc1. The number of phenolic OH excluding ortho intramolecular Hbond substituents is 1. The lowest BCUT2D eigenvalue weighted by Gasteiger charge is -2.28. The Bertz CT molecular complexity index is 480. The number of carbonyl (C=O) groups is 1. The van der Waals surface area contributed by atoms with Gasteiger partial charge in [-0.1, -0.05) is 25.0 Å². The molecular weight excluding hydrogens is 276 g/mol. The lowest BCUT2D eigenvalue weighted by molar-refractivity contribution is -0.131. The van der Waals surface area contributed by atoms with Crippen LogP contribution in [-0.4, -0.2) is 54.0 Å². The van der Waals surface area contributed by atoms with Crippen LogP contribution < -0.4 is 0 Å². The molecule has 1 atom stereocenters. The molecule has 1 saturated carbocycles. The van der Waals surface area contributed by atoms with E-state index in [1.54, 1.807) is 12.1 Å². The van der Waals surface area contributed by atoms with Crippen molar-refractivity contribution in [3.05, 3.63) is 29.8 Å². The van der Waals surface area contributed by atoms with Crippen molar-refractivity contribution in [2.75, 3.05) is 27.2 Å². The summed E-state index contributed by atoms with van der Waals surface area (Å²) in [6, 6.07) is 7.59. The van der Waals surface area contributed by atoms with Crippen molar-refractivity contribution in [3.8, 4) is 5.75 Å². The van der Waals surface area contributed by atoms with Gasteiger partial charge in [-0.3, -0.25) is 4.79 Å². The van der Waals surface area contributed by atoms with E-state index in [2.05, 4.69) is 11.9 Å². The van der Waals surface area contributed by atoms with E-state index in [1.807, 2.05) is 31.0 Å². The number of phenols is 1. The first-order valence-corrected chi connectivity index (χ1v) is 8.23. The second kappa shape index (κ2) is 7.63. The molecule has 0 aliphatic heterocycles. The lowest BCUT2D eigenvalue weighted by Crippen LogP contribution is -2.39. The maximum atomic E-state index is 12.5. The van der Waals surface area contributed by atoms with Crippen molar-refractivity contribution in [2.45, 2.75) is 44.6 Å². The number of hydrogen-bond donors (Lipinski definition) is 1. The molecule has 1 N–H and O–H groups in total. The predicted molar refractivity (Wildman–Crippen MR) is 89.0 cm³/mol. The summed E-state index contributed by atoms with van der Waals surface area (Å²) in [7, 11) is 4.04. The van der Waals surface area contributed by atoms with Gasteiger partial charge in [-0.2, -0.15) is 0 Å². The number of benzene rings is 1. The second-order valence-corrected chi connectivity index (χ2v) is 6.49. The molecule has 1 aromatic rings. The standard InChI is InChI=1S/C18H28N2O2/c1-14(15-8-10-17(21)11-9-15)18(22)20(3)13-12-19(2)16-6-4-5-7-16/h8-11,14,16,21H,4-7,12-13H2,1-3H3. The topological polar surface area (TPSA) is 43.8 Å². The van der Waals surface area contributed by atoms with Gasteiger partial charge in [-0.25, -0.2) is 0 Å². The molecule has 1 aliphatic carbocycles. The molecule has 0 heterocycles. The Labute approximate surface area is 133 Å². The van der Waals surface area contributed by atoms with Crippen molar-refractivity contribution in [2.24, 2.45) is 0 Å². The average molecular weight is 304 g/mol. The fourth-order valence-electron chi connectivity index (χ4n) is 3.18. The summed E-state index contributed by atoms with van der Waals surface area (Å²) in [6.45, 7) is 3.61. The van der Waals surface area contributed by atoms with Crippen molar-refractivity contribution >= 4 is 5.91 Å². The van der Waals surface area contributed by atoms with E-state index in [1.165, 1.54) is 25.7 Å². The van der Waals surface area contributed by atoms with E-state index in [0.717, 1.165) is 18.7 Å². The van der Waals surface area contributed by atoms with E-state index >= 15 is 0 Å². The van der Waals surface area contributed by atoms with Crippen LogP contribution >= 0.6 is 0 Å². The number of likely N-dealkylation sites (N-methyl/N-ethyl adjacent to an activating group) is 2. The fourth-order valence-corrected chi connectivity index (χ4v) is 3.18. The van der Waals surface area contributed by atoms with Crippen molar-refractivity contribution in [1.82, 2.24) is 9.80 Å². The van der Waals surface area contributed by atoms with Crippen LogP contribution in [0.15, 0.2) is 24.3 Å². The third-order valence-corrected chi connectivity index (χ3v) is 4.88. The molecule has 1 aliphatic rings. The number of carbonyl (C=O) groups excluding carboxylic acids is 1. The van der Waals surface area contributed by atoms with Gasteiger partial charge in [0.05, 0.1) is 5.92 Å². The minimum atomic E-state index is -0.178. The van der Waals surface area contributed by atoms with Gasteiger partial charge in [0.15, 0.2) is 0 Å². The lowest BCUT2D eigenvalue weighted by atomic mass is 10.00. The van der Waals surface area contributed by atoms with E-state index in [9.17, 15) is 9.90 Å².